The lowest BCUT2D eigenvalue weighted by Gasteiger charge is -2.44. The fourth-order valence-corrected chi connectivity index (χ4v) is 5.14. The van der Waals surface area contributed by atoms with Crippen molar-refractivity contribution in [3.8, 4) is 0 Å². The molecule has 9 nitrogen and oxygen atoms in total. The van der Waals surface area contributed by atoms with Crippen LogP contribution in [-0.4, -0.2) is 44.7 Å². The smallest absolute Gasteiger partial charge is 0.338 e. The molecular weight excluding hydrogens is 561 g/mol. The molecule has 2 N–H and O–H groups in total. The fourth-order valence-electron chi connectivity index (χ4n) is 4.38. The number of esters is 2. The van der Waals surface area contributed by atoms with Gasteiger partial charge in [0.15, 0.2) is 5.65 Å². The number of rotatable bonds is 7. The number of halogens is 1. The maximum absolute atomic E-state index is 12.6. The Morgan fingerprint density at radius 1 is 0.943 bits per heavy atom. The first-order chi connectivity index (χ1) is 17.0. The number of benzene rings is 2. The van der Waals surface area contributed by atoms with Crippen molar-refractivity contribution < 1.29 is 19.1 Å². The van der Waals surface area contributed by atoms with Crippen LogP contribution in [0.1, 0.15) is 33.2 Å². The topological polar surface area (TPSA) is 122 Å². The quantitative estimate of drug-likeness (QED) is 0.198. The number of nitrogens with two attached hydrogens (primary N) is 1. The van der Waals surface area contributed by atoms with Crippen LogP contribution in [0.25, 0.3) is 11.2 Å². The number of hydrogen-bond donors (Lipinski definition) is 1. The van der Waals surface area contributed by atoms with Gasteiger partial charge in [0.05, 0.1) is 30.7 Å². The van der Waals surface area contributed by atoms with E-state index in [0.29, 0.717) is 20.5 Å². The molecule has 1 fully saturated rings. The summed E-state index contributed by atoms with van der Waals surface area (Å²) in [5.74, 6) is -0.670. The summed E-state index contributed by atoms with van der Waals surface area (Å²) in [6, 6.07) is 17.7. The van der Waals surface area contributed by atoms with Crippen molar-refractivity contribution in [2.75, 3.05) is 18.9 Å². The maximum atomic E-state index is 12.6. The second-order valence-electron chi connectivity index (χ2n) is 8.35. The molecule has 0 bridgehead atoms. The Morgan fingerprint density at radius 2 is 1.54 bits per heavy atom. The summed E-state index contributed by atoms with van der Waals surface area (Å²) in [6.07, 6.45) is 2.44. The van der Waals surface area contributed by atoms with Crippen molar-refractivity contribution in [3.63, 3.8) is 0 Å². The number of carbonyl (C=O) groups is 2. The first-order valence-corrected chi connectivity index (χ1v) is 12.2. The molecule has 0 saturated heterocycles. The average molecular weight is 583 g/mol. The van der Waals surface area contributed by atoms with Crippen molar-refractivity contribution in [2.45, 2.75) is 12.5 Å². The van der Waals surface area contributed by atoms with Gasteiger partial charge in [-0.2, -0.15) is 4.98 Å². The predicted molar refractivity (Wildman–Crippen MR) is 137 cm³/mol. The number of imidazole rings is 1. The lowest BCUT2D eigenvalue weighted by atomic mass is 9.69. The van der Waals surface area contributed by atoms with Crippen LogP contribution in [0.15, 0.2) is 67.0 Å². The summed E-state index contributed by atoms with van der Waals surface area (Å²) >= 11 is 2.12. The molecule has 0 amide bonds. The molecule has 3 atom stereocenters. The van der Waals surface area contributed by atoms with Crippen molar-refractivity contribution in [3.05, 3.63) is 81.8 Å². The van der Waals surface area contributed by atoms with Crippen LogP contribution in [0.3, 0.4) is 0 Å². The van der Waals surface area contributed by atoms with E-state index in [9.17, 15) is 9.59 Å². The zero-order valence-corrected chi connectivity index (χ0v) is 20.7. The minimum absolute atomic E-state index is 0.0149. The summed E-state index contributed by atoms with van der Waals surface area (Å²) < 4.78 is 14.0. The van der Waals surface area contributed by atoms with E-state index in [4.69, 9.17) is 15.2 Å². The summed E-state index contributed by atoms with van der Waals surface area (Å²) in [4.78, 5) is 37.9. The first kappa shape index (κ1) is 23.2. The van der Waals surface area contributed by atoms with Gasteiger partial charge in [0.2, 0.25) is 5.95 Å². The molecule has 4 aromatic rings. The standard InChI is InChI=1S/C25H22IN5O4/c26-21-20-22(30-25(27)29-21)28-14-31(20)19-11-17(12-34-23(32)15-7-3-1-4-8-15)18(19)13-35-24(33)16-9-5-2-6-10-16/h1-10,14,17-19H,11-13H2,(H2,27,29,30)/t17?,18-,19+/m0/s1. The number of hydrogen-bond acceptors (Lipinski definition) is 8. The molecule has 2 aromatic carbocycles. The van der Waals surface area contributed by atoms with Gasteiger partial charge < -0.3 is 19.8 Å². The Bertz CT molecular complexity index is 1360. The maximum Gasteiger partial charge on any atom is 0.338 e. The number of anilines is 1. The molecule has 1 saturated carbocycles. The highest BCUT2D eigenvalue weighted by Gasteiger charge is 2.44. The normalized spacial score (nSPS) is 19.2. The zero-order chi connectivity index (χ0) is 24.4. The Labute approximate surface area is 214 Å². The van der Waals surface area contributed by atoms with Gasteiger partial charge in [0, 0.05) is 17.9 Å². The van der Waals surface area contributed by atoms with Gasteiger partial charge in [-0.3, -0.25) is 0 Å². The lowest BCUT2D eigenvalue weighted by molar-refractivity contribution is -0.0307. The SMILES string of the molecule is Nc1nc(I)c2c(ncn2[C@@H]2CC(COC(=O)c3ccccc3)[C@@H]2COC(=O)c2ccccc2)n1. The van der Waals surface area contributed by atoms with Crippen molar-refractivity contribution in [1.82, 2.24) is 19.5 Å². The molecule has 0 spiro atoms. The lowest BCUT2D eigenvalue weighted by Crippen LogP contribution is -2.44. The van der Waals surface area contributed by atoms with Crippen LogP contribution in [-0.2, 0) is 9.47 Å². The molecule has 1 unspecified atom stereocenters. The van der Waals surface area contributed by atoms with E-state index in [1.807, 2.05) is 16.7 Å². The molecule has 2 heterocycles. The summed E-state index contributed by atoms with van der Waals surface area (Å²) in [7, 11) is 0. The largest absolute Gasteiger partial charge is 0.462 e. The Morgan fingerprint density at radius 3 is 2.17 bits per heavy atom. The molecule has 5 rings (SSSR count). The monoisotopic (exact) mass is 583 g/mol. The van der Waals surface area contributed by atoms with Gasteiger partial charge in [0.25, 0.3) is 0 Å². The van der Waals surface area contributed by atoms with Crippen molar-refractivity contribution >= 4 is 51.6 Å². The Hall–Kier alpha value is -3.54. The minimum Gasteiger partial charge on any atom is -0.462 e. The number of nitrogen functional groups attached to an aromatic ring is 1. The molecule has 1 aliphatic rings. The number of nitrogens with zero attached hydrogens (tertiary/aromatic N) is 4. The van der Waals surface area contributed by atoms with Crippen LogP contribution < -0.4 is 5.73 Å². The molecular formula is C25H22IN5O4. The van der Waals surface area contributed by atoms with Crippen molar-refractivity contribution in [1.29, 1.82) is 0 Å². The molecule has 178 valence electrons. The minimum atomic E-state index is -0.391. The third-order valence-corrected chi connectivity index (χ3v) is 7.01. The van der Waals surface area contributed by atoms with Crippen LogP contribution in [0.5, 0.6) is 0 Å². The summed E-state index contributed by atoms with van der Waals surface area (Å²) in [5, 5.41) is 0. The molecule has 35 heavy (non-hydrogen) atoms. The van der Waals surface area contributed by atoms with Crippen LogP contribution >= 0.6 is 22.6 Å². The number of fused-ring (bicyclic) bond motifs is 1. The third kappa shape index (κ3) is 4.83. The zero-order valence-electron chi connectivity index (χ0n) is 18.6. The first-order valence-electron chi connectivity index (χ1n) is 11.1. The van der Waals surface area contributed by atoms with Gasteiger partial charge in [-0.05, 0) is 53.3 Å². The number of aromatic nitrogens is 4. The van der Waals surface area contributed by atoms with Gasteiger partial charge in [-0.15, -0.1) is 0 Å². The number of ether oxygens (including phenoxy) is 2. The second-order valence-corrected chi connectivity index (χ2v) is 9.37. The van der Waals surface area contributed by atoms with Crippen LogP contribution in [0.2, 0.25) is 0 Å². The molecule has 0 radical (unpaired) electrons. The average Bonchev–Trinajstić information content (AvgIpc) is 3.27. The fraction of sp³-hybridized carbons (Fsp3) is 0.240. The molecule has 2 aromatic heterocycles. The van der Waals surface area contributed by atoms with E-state index in [1.54, 1.807) is 54.9 Å². The molecule has 10 heteroatoms. The molecule has 0 aliphatic heterocycles. The van der Waals surface area contributed by atoms with E-state index in [1.165, 1.54) is 0 Å². The van der Waals surface area contributed by atoms with Crippen molar-refractivity contribution in [2.24, 2.45) is 11.8 Å². The van der Waals surface area contributed by atoms with E-state index in [2.05, 4.69) is 37.5 Å². The van der Waals surface area contributed by atoms with Crippen LogP contribution in [0, 0.1) is 15.5 Å². The molecule has 1 aliphatic carbocycles. The summed E-state index contributed by atoms with van der Waals surface area (Å²) in [5.41, 5.74) is 8.06. The van der Waals surface area contributed by atoms with Gasteiger partial charge in [-0.1, -0.05) is 36.4 Å². The predicted octanol–water partition coefficient (Wildman–Crippen LogP) is 3.90. The highest BCUT2D eigenvalue weighted by atomic mass is 127. The van der Waals surface area contributed by atoms with Gasteiger partial charge >= 0.3 is 11.9 Å². The summed E-state index contributed by atoms with van der Waals surface area (Å²) in [6.45, 7) is 0.406. The third-order valence-electron chi connectivity index (χ3n) is 6.26. The van der Waals surface area contributed by atoms with E-state index < -0.39 is 5.97 Å². The Kier molecular flexibility index (Phi) is 6.62. The van der Waals surface area contributed by atoms with E-state index in [-0.39, 0.29) is 43.0 Å². The Balaban J connectivity index is 1.34. The highest BCUT2D eigenvalue weighted by Crippen LogP contribution is 2.46. The number of carbonyl (C=O) groups excluding carboxylic acids is 2. The van der Waals surface area contributed by atoms with E-state index in [0.717, 1.165) is 11.9 Å². The highest BCUT2D eigenvalue weighted by molar-refractivity contribution is 14.1. The second kappa shape index (κ2) is 9.98. The van der Waals surface area contributed by atoms with Gasteiger partial charge in [0.1, 0.15) is 9.22 Å². The van der Waals surface area contributed by atoms with Gasteiger partial charge in [-0.25, -0.2) is 19.6 Å². The van der Waals surface area contributed by atoms with Crippen LogP contribution in [0.4, 0.5) is 5.95 Å². The van der Waals surface area contributed by atoms with E-state index >= 15 is 0 Å².